The van der Waals surface area contributed by atoms with Crippen LogP contribution >= 0.6 is 0 Å². The number of hydrogen-bond acceptors (Lipinski definition) is 4. The fourth-order valence-corrected chi connectivity index (χ4v) is 1.92. The van der Waals surface area contributed by atoms with Gasteiger partial charge in [-0.15, -0.1) is 0 Å². The molecule has 0 unspecified atom stereocenters. The fraction of sp³-hybridized carbons (Fsp3) is 0.462. The Morgan fingerprint density at radius 2 is 2.33 bits per heavy atom. The zero-order valence-electron chi connectivity index (χ0n) is 10.0. The highest BCUT2D eigenvalue weighted by molar-refractivity contribution is 5.85. The van der Waals surface area contributed by atoms with E-state index in [9.17, 15) is 4.79 Å². The maximum Gasteiger partial charge on any atom is 0.354 e. The average molecular weight is 245 g/mol. The van der Waals surface area contributed by atoms with Crippen molar-refractivity contribution in [3.05, 3.63) is 29.6 Å². The number of aromatic carboxylic acids is 1. The Morgan fingerprint density at radius 1 is 1.56 bits per heavy atom. The van der Waals surface area contributed by atoms with Gasteiger partial charge in [-0.1, -0.05) is 6.07 Å². The highest BCUT2D eigenvalue weighted by atomic mass is 16.4. The topological polar surface area (TPSA) is 77.2 Å². The Labute approximate surface area is 106 Å². The molecule has 0 aromatic carbocycles. The molecule has 1 N–H and O–H groups in total. The molecule has 1 saturated carbocycles. The van der Waals surface area contributed by atoms with Crippen LogP contribution in [0.2, 0.25) is 0 Å². The largest absolute Gasteiger partial charge is 0.477 e. The van der Waals surface area contributed by atoms with Crippen molar-refractivity contribution in [1.29, 1.82) is 5.26 Å². The van der Waals surface area contributed by atoms with Crippen molar-refractivity contribution in [2.24, 2.45) is 0 Å². The van der Waals surface area contributed by atoms with E-state index in [1.165, 1.54) is 6.07 Å². The molecule has 0 atom stereocenters. The summed E-state index contributed by atoms with van der Waals surface area (Å²) in [5, 5.41) is 17.5. The predicted octanol–water partition coefficient (Wildman–Crippen LogP) is 1.66. The van der Waals surface area contributed by atoms with E-state index in [0.717, 1.165) is 25.1 Å². The number of carbonyl (C=O) groups is 1. The van der Waals surface area contributed by atoms with Crippen LogP contribution < -0.4 is 0 Å². The second-order valence-electron chi connectivity index (χ2n) is 4.43. The third kappa shape index (κ3) is 3.28. The summed E-state index contributed by atoms with van der Waals surface area (Å²) in [6, 6.07) is 7.70. The molecule has 1 aliphatic rings. The summed E-state index contributed by atoms with van der Waals surface area (Å²) in [5.74, 6) is -1.01. The number of hydrogen-bond donors (Lipinski definition) is 1. The van der Waals surface area contributed by atoms with Crippen LogP contribution in [-0.4, -0.2) is 33.5 Å². The zero-order chi connectivity index (χ0) is 13.0. The van der Waals surface area contributed by atoms with Gasteiger partial charge in [-0.3, -0.25) is 4.90 Å². The van der Waals surface area contributed by atoms with E-state index in [0.29, 0.717) is 19.0 Å². The Morgan fingerprint density at radius 3 is 2.94 bits per heavy atom. The molecule has 5 heteroatoms. The molecule has 0 amide bonds. The lowest BCUT2D eigenvalue weighted by Crippen LogP contribution is -2.27. The van der Waals surface area contributed by atoms with Crippen LogP contribution in [0, 0.1) is 11.3 Å². The molecule has 1 aliphatic carbocycles. The van der Waals surface area contributed by atoms with Gasteiger partial charge in [-0.25, -0.2) is 9.78 Å². The van der Waals surface area contributed by atoms with Crippen LogP contribution in [-0.2, 0) is 6.54 Å². The lowest BCUT2D eigenvalue weighted by atomic mass is 10.2. The standard InChI is InChI=1S/C13H15N3O2/c14-7-2-8-16(11-5-6-11)9-10-3-1-4-12(15-10)13(17)18/h1,3-4,11H,2,5-6,8-9H2,(H,17,18). The predicted molar refractivity (Wildman–Crippen MR) is 64.9 cm³/mol. The Balaban J connectivity index is 2.04. The van der Waals surface area contributed by atoms with Crippen LogP contribution in [0.15, 0.2) is 18.2 Å². The van der Waals surface area contributed by atoms with Crippen LogP contribution in [0.25, 0.3) is 0 Å². The smallest absolute Gasteiger partial charge is 0.354 e. The highest BCUT2D eigenvalue weighted by Gasteiger charge is 2.28. The molecular weight excluding hydrogens is 230 g/mol. The molecule has 0 radical (unpaired) electrons. The molecule has 94 valence electrons. The van der Waals surface area contributed by atoms with Crippen LogP contribution in [0.1, 0.15) is 35.4 Å². The van der Waals surface area contributed by atoms with E-state index >= 15 is 0 Å². The van der Waals surface area contributed by atoms with E-state index in [-0.39, 0.29) is 5.69 Å². The van der Waals surface area contributed by atoms with Gasteiger partial charge in [0.1, 0.15) is 5.69 Å². The summed E-state index contributed by atoms with van der Waals surface area (Å²) in [7, 11) is 0. The van der Waals surface area contributed by atoms with Crippen molar-refractivity contribution in [1.82, 2.24) is 9.88 Å². The first-order valence-corrected chi connectivity index (χ1v) is 6.01. The number of carboxylic acids is 1. The number of nitrogens with zero attached hydrogens (tertiary/aromatic N) is 3. The van der Waals surface area contributed by atoms with E-state index < -0.39 is 5.97 Å². The summed E-state index contributed by atoms with van der Waals surface area (Å²) in [6.07, 6.45) is 2.81. The number of rotatable bonds is 6. The molecule has 2 rings (SSSR count). The first-order valence-electron chi connectivity index (χ1n) is 6.01. The number of aromatic nitrogens is 1. The highest BCUT2D eigenvalue weighted by Crippen LogP contribution is 2.28. The van der Waals surface area contributed by atoms with E-state index in [1.807, 2.05) is 6.07 Å². The number of nitriles is 1. The first-order chi connectivity index (χ1) is 8.70. The average Bonchev–Trinajstić information content (AvgIpc) is 3.19. The van der Waals surface area contributed by atoms with Gasteiger partial charge in [-0.05, 0) is 25.0 Å². The number of carboxylic acid groups (broad SMARTS) is 1. The number of pyridine rings is 1. The molecule has 1 fully saturated rings. The Kier molecular flexibility index (Phi) is 3.90. The minimum absolute atomic E-state index is 0.0727. The van der Waals surface area contributed by atoms with Gasteiger partial charge in [0.2, 0.25) is 0 Å². The molecular formula is C13H15N3O2. The minimum atomic E-state index is -1.01. The van der Waals surface area contributed by atoms with Crippen molar-refractivity contribution >= 4 is 5.97 Å². The second kappa shape index (κ2) is 5.61. The quantitative estimate of drug-likeness (QED) is 0.824. The summed E-state index contributed by atoms with van der Waals surface area (Å²) in [4.78, 5) is 17.1. The van der Waals surface area contributed by atoms with Gasteiger partial charge >= 0.3 is 5.97 Å². The van der Waals surface area contributed by atoms with E-state index in [1.54, 1.807) is 6.07 Å². The third-order valence-electron chi connectivity index (χ3n) is 2.97. The van der Waals surface area contributed by atoms with Crippen molar-refractivity contribution in [3.8, 4) is 6.07 Å². The lowest BCUT2D eigenvalue weighted by molar-refractivity contribution is 0.0690. The summed E-state index contributed by atoms with van der Waals surface area (Å²) in [5.41, 5.74) is 0.822. The fourth-order valence-electron chi connectivity index (χ4n) is 1.92. The van der Waals surface area contributed by atoms with E-state index in [2.05, 4.69) is 16.0 Å². The van der Waals surface area contributed by atoms with Gasteiger partial charge in [0.25, 0.3) is 0 Å². The Bertz CT molecular complexity index is 477. The molecule has 0 bridgehead atoms. The zero-order valence-corrected chi connectivity index (χ0v) is 10.0. The van der Waals surface area contributed by atoms with Gasteiger partial charge < -0.3 is 5.11 Å². The summed E-state index contributed by atoms with van der Waals surface area (Å²) >= 11 is 0. The van der Waals surface area contributed by atoms with Crippen molar-refractivity contribution in [2.45, 2.75) is 31.8 Å². The van der Waals surface area contributed by atoms with Crippen molar-refractivity contribution in [3.63, 3.8) is 0 Å². The van der Waals surface area contributed by atoms with E-state index in [4.69, 9.17) is 10.4 Å². The van der Waals surface area contributed by atoms with Gasteiger partial charge in [-0.2, -0.15) is 5.26 Å². The molecule has 0 saturated heterocycles. The van der Waals surface area contributed by atoms with Gasteiger partial charge in [0, 0.05) is 25.6 Å². The molecule has 0 spiro atoms. The lowest BCUT2D eigenvalue weighted by Gasteiger charge is -2.20. The molecule has 5 nitrogen and oxygen atoms in total. The molecule has 1 aromatic rings. The first kappa shape index (κ1) is 12.5. The van der Waals surface area contributed by atoms with Crippen molar-refractivity contribution < 1.29 is 9.90 Å². The maximum atomic E-state index is 10.8. The molecule has 0 aliphatic heterocycles. The van der Waals surface area contributed by atoms with Crippen molar-refractivity contribution in [2.75, 3.05) is 6.54 Å². The molecule has 1 heterocycles. The van der Waals surface area contributed by atoms with Crippen LogP contribution in [0.3, 0.4) is 0 Å². The molecule has 1 aromatic heterocycles. The van der Waals surface area contributed by atoms with Crippen LogP contribution in [0.4, 0.5) is 0 Å². The SMILES string of the molecule is N#CCCN(Cc1cccc(C(=O)O)n1)C1CC1. The summed E-state index contributed by atoms with van der Waals surface area (Å²) < 4.78 is 0. The van der Waals surface area contributed by atoms with Crippen LogP contribution in [0.5, 0.6) is 0 Å². The monoisotopic (exact) mass is 245 g/mol. The Hall–Kier alpha value is -1.93. The van der Waals surface area contributed by atoms with Gasteiger partial charge in [0.05, 0.1) is 11.8 Å². The normalized spacial score (nSPS) is 14.4. The molecule has 18 heavy (non-hydrogen) atoms. The summed E-state index contributed by atoms with van der Waals surface area (Å²) in [6.45, 7) is 1.34. The maximum absolute atomic E-state index is 10.8. The van der Waals surface area contributed by atoms with Gasteiger partial charge in [0.15, 0.2) is 0 Å². The minimum Gasteiger partial charge on any atom is -0.477 e. The third-order valence-corrected chi connectivity index (χ3v) is 2.97. The second-order valence-corrected chi connectivity index (χ2v) is 4.43.